The zero-order valence-corrected chi connectivity index (χ0v) is 28.0. The highest BCUT2D eigenvalue weighted by Gasteiger charge is 2.18. The van der Waals surface area contributed by atoms with Gasteiger partial charge in [-0.2, -0.15) is 0 Å². The molecule has 4 aromatic rings. The molecule has 1 amide bonds. The van der Waals surface area contributed by atoms with Gasteiger partial charge in [-0.05, 0) is 93.5 Å². The Balaban J connectivity index is 1.14. The Hall–Kier alpha value is -3.98. The van der Waals surface area contributed by atoms with Crippen LogP contribution in [0.3, 0.4) is 0 Å². The van der Waals surface area contributed by atoms with E-state index < -0.39 is 6.10 Å². The average Bonchev–Trinajstić information content (AvgIpc) is 3.08. The number of hydrogen-bond donors (Lipinski definition) is 3. The smallest absolute Gasteiger partial charge is 0.253 e. The maximum atomic E-state index is 12.5. The summed E-state index contributed by atoms with van der Waals surface area (Å²) in [5.41, 5.74) is 3.94. The number of aromatic hydroxyl groups is 1. The summed E-state index contributed by atoms with van der Waals surface area (Å²) in [6, 6.07) is 24.6. The number of aryl methyl sites for hydroxylation is 1. The highest BCUT2D eigenvalue weighted by Crippen LogP contribution is 2.29. The van der Waals surface area contributed by atoms with E-state index in [1.807, 2.05) is 49.1 Å². The molecule has 0 bridgehead atoms. The number of nitrogens with one attached hydrogen (secondary N) is 1. The van der Waals surface area contributed by atoms with E-state index in [1.54, 1.807) is 12.1 Å². The van der Waals surface area contributed by atoms with Crippen LogP contribution < -0.4 is 5.56 Å². The summed E-state index contributed by atoms with van der Waals surface area (Å²) in [6.07, 6.45) is 6.51. The molecule has 1 aromatic heterocycles. The number of aromatic amines is 1. The SMILES string of the molecule is CCN(CC)C(=O)c1ccc(CCCCOCCCCCCN(Cc2ccccc2)CC(O)c2ccc(O)c3[nH]c(=O)ccc23)cc1. The lowest BCUT2D eigenvalue weighted by molar-refractivity contribution is 0.0773. The third-order valence-corrected chi connectivity index (χ3v) is 8.71. The number of fused-ring (bicyclic) bond motifs is 1. The first-order valence-corrected chi connectivity index (χ1v) is 17.1. The van der Waals surface area contributed by atoms with E-state index >= 15 is 0 Å². The predicted octanol–water partition coefficient (Wildman–Crippen LogP) is 6.85. The maximum absolute atomic E-state index is 12.5. The van der Waals surface area contributed by atoms with Crippen LogP contribution in [0.1, 0.15) is 85.5 Å². The highest BCUT2D eigenvalue weighted by molar-refractivity contribution is 5.94. The van der Waals surface area contributed by atoms with Gasteiger partial charge in [0.05, 0.1) is 11.6 Å². The van der Waals surface area contributed by atoms with Gasteiger partial charge in [-0.25, -0.2) is 0 Å². The third kappa shape index (κ3) is 11.1. The lowest BCUT2D eigenvalue weighted by Crippen LogP contribution is -2.30. The van der Waals surface area contributed by atoms with E-state index in [9.17, 15) is 19.8 Å². The Morgan fingerprint density at radius 1 is 0.809 bits per heavy atom. The molecular formula is C39H51N3O5. The maximum Gasteiger partial charge on any atom is 0.253 e. The number of benzene rings is 3. The van der Waals surface area contributed by atoms with Crippen molar-refractivity contribution < 1.29 is 19.7 Å². The number of amides is 1. The zero-order valence-electron chi connectivity index (χ0n) is 28.0. The minimum atomic E-state index is -0.776. The predicted molar refractivity (Wildman–Crippen MR) is 189 cm³/mol. The van der Waals surface area contributed by atoms with Gasteiger partial charge < -0.3 is 24.8 Å². The summed E-state index contributed by atoms with van der Waals surface area (Å²) in [7, 11) is 0. The molecule has 0 aliphatic rings. The first kappa shape index (κ1) is 35.9. The molecule has 0 aliphatic heterocycles. The molecule has 1 unspecified atom stereocenters. The Kier molecular flexibility index (Phi) is 14.5. The summed E-state index contributed by atoms with van der Waals surface area (Å²) in [6.45, 7) is 9.01. The Morgan fingerprint density at radius 2 is 1.51 bits per heavy atom. The van der Waals surface area contributed by atoms with Crippen LogP contribution in [0.4, 0.5) is 0 Å². The first-order valence-electron chi connectivity index (χ1n) is 17.1. The topological polar surface area (TPSA) is 106 Å². The highest BCUT2D eigenvalue weighted by atomic mass is 16.5. The van der Waals surface area contributed by atoms with Crippen LogP contribution >= 0.6 is 0 Å². The number of hydrogen-bond acceptors (Lipinski definition) is 6. The molecule has 0 saturated carbocycles. The number of aromatic nitrogens is 1. The molecule has 3 aromatic carbocycles. The van der Waals surface area contributed by atoms with Gasteiger partial charge in [0.1, 0.15) is 5.75 Å². The van der Waals surface area contributed by atoms with Crippen molar-refractivity contribution in [3.63, 3.8) is 0 Å². The number of H-pyrrole nitrogens is 1. The number of ether oxygens (including phenoxy) is 1. The molecule has 3 N–H and O–H groups in total. The number of phenolic OH excluding ortho intramolecular Hbond substituents is 1. The van der Waals surface area contributed by atoms with E-state index in [0.717, 1.165) is 89.9 Å². The van der Waals surface area contributed by atoms with Crippen LogP contribution in [0, 0.1) is 0 Å². The van der Waals surface area contributed by atoms with Crippen LogP contribution in [0.5, 0.6) is 5.75 Å². The van der Waals surface area contributed by atoms with Crippen LogP contribution in [0.2, 0.25) is 0 Å². The normalized spacial score (nSPS) is 12.1. The van der Waals surface area contributed by atoms with Gasteiger partial charge in [-0.3, -0.25) is 14.5 Å². The summed E-state index contributed by atoms with van der Waals surface area (Å²) in [4.78, 5) is 31.1. The van der Waals surface area contributed by atoms with Crippen molar-refractivity contribution in [2.24, 2.45) is 0 Å². The van der Waals surface area contributed by atoms with E-state index in [2.05, 4.69) is 34.1 Å². The summed E-state index contributed by atoms with van der Waals surface area (Å²) in [5.74, 6) is 0.0867. The molecular weight excluding hydrogens is 590 g/mol. The zero-order chi connectivity index (χ0) is 33.4. The van der Waals surface area contributed by atoms with Crippen molar-refractivity contribution in [1.82, 2.24) is 14.8 Å². The average molecular weight is 642 g/mol. The van der Waals surface area contributed by atoms with E-state index in [1.165, 1.54) is 23.3 Å². The Bertz CT molecular complexity index is 1570. The second kappa shape index (κ2) is 19.0. The molecule has 8 nitrogen and oxygen atoms in total. The molecule has 252 valence electrons. The lowest BCUT2D eigenvalue weighted by Gasteiger charge is -2.26. The molecule has 4 rings (SSSR count). The molecule has 0 fully saturated rings. The van der Waals surface area contributed by atoms with E-state index in [-0.39, 0.29) is 17.2 Å². The van der Waals surface area contributed by atoms with Gasteiger partial charge in [0, 0.05) is 56.4 Å². The fourth-order valence-corrected chi connectivity index (χ4v) is 6.00. The Labute approximate surface area is 279 Å². The summed E-state index contributed by atoms with van der Waals surface area (Å²) >= 11 is 0. The van der Waals surface area contributed by atoms with Crippen molar-refractivity contribution >= 4 is 16.8 Å². The van der Waals surface area contributed by atoms with E-state index in [0.29, 0.717) is 23.0 Å². The number of aliphatic hydroxyl groups is 1. The number of carbonyl (C=O) groups excluding carboxylic acids is 1. The number of aliphatic hydroxyl groups excluding tert-OH is 1. The fraction of sp³-hybridized carbons (Fsp3) is 0.436. The van der Waals surface area contributed by atoms with Gasteiger partial charge in [-0.15, -0.1) is 0 Å². The largest absolute Gasteiger partial charge is 0.506 e. The van der Waals surface area contributed by atoms with Gasteiger partial charge in [0.25, 0.3) is 5.91 Å². The van der Waals surface area contributed by atoms with Crippen LogP contribution in [-0.4, -0.2) is 70.3 Å². The molecule has 0 spiro atoms. The number of unbranched alkanes of at least 4 members (excludes halogenated alkanes) is 4. The standard InChI is InChI=1S/C39H51N3O5/c1-3-42(4-2)39(46)32-19-17-30(18-20-32)14-10-13-27-47-26-12-6-5-11-25-41(28-31-15-8-7-9-16-31)29-36(44)33-21-23-35(43)38-34(33)22-24-37(45)40-38/h7-9,15-24,36,43-44H,3-6,10-14,25-29H2,1-2H3,(H,40,45). The first-order chi connectivity index (χ1) is 22.9. The van der Waals surface area contributed by atoms with Gasteiger partial charge in [0.15, 0.2) is 0 Å². The number of carbonyl (C=O) groups is 1. The second-order valence-corrected chi connectivity index (χ2v) is 12.2. The molecule has 0 aliphatic carbocycles. The second-order valence-electron chi connectivity index (χ2n) is 12.2. The van der Waals surface area contributed by atoms with E-state index in [4.69, 9.17) is 4.74 Å². The quantitative estimate of drug-likeness (QED) is 0.0912. The van der Waals surface area contributed by atoms with Crippen molar-refractivity contribution in [3.8, 4) is 5.75 Å². The number of phenols is 1. The van der Waals surface area contributed by atoms with Crippen molar-refractivity contribution in [3.05, 3.63) is 111 Å². The van der Waals surface area contributed by atoms with Gasteiger partial charge >= 0.3 is 0 Å². The third-order valence-electron chi connectivity index (χ3n) is 8.71. The van der Waals surface area contributed by atoms with Crippen molar-refractivity contribution in [1.29, 1.82) is 0 Å². The van der Waals surface area contributed by atoms with Crippen LogP contribution in [-0.2, 0) is 17.7 Å². The van der Waals surface area contributed by atoms with Gasteiger partial charge in [-0.1, -0.05) is 61.4 Å². The molecule has 1 heterocycles. The van der Waals surface area contributed by atoms with Crippen LogP contribution in [0.25, 0.3) is 10.9 Å². The monoisotopic (exact) mass is 641 g/mol. The number of nitrogens with zero attached hydrogens (tertiary/aromatic N) is 2. The van der Waals surface area contributed by atoms with Crippen molar-refractivity contribution in [2.45, 2.75) is 71.4 Å². The molecule has 0 radical (unpaired) electrons. The van der Waals surface area contributed by atoms with Crippen LogP contribution in [0.15, 0.2) is 83.7 Å². The fourth-order valence-electron chi connectivity index (χ4n) is 6.00. The minimum absolute atomic E-state index is 0.00872. The van der Waals surface area contributed by atoms with Crippen molar-refractivity contribution in [2.75, 3.05) is 39.4 Å². The number of rotatable bonds is 20. The van der Waals surface area contributed by atoms with Gasteiger partial charge in [0.2, 0.25) is 5.56 Å². The number of pyridine rings is 1. The summed E-state index contributed by atoms with van der Waals surface area (Å²) in [5, 5.41) is 22.2. The summed E-state index contributed by atoms with van der Waals surface area (Å²) < 4.78 is 5.90. The Morgan fingerprint density at radius 3 is 2.23 bits per heavy atom. The molecule has 8 heteroatoms. The minimum Gasteiger partial charge on any atom is -0.506 e. The molecule has 1 atom stereocenters. The molecule has 0 saturated heterocycles. The lowest BCUT2D eigenvalue weighted by atomic mass is 10.0. The molecule has 47 heavy (non-hydrogen) atoms.